The highest BCUT2D eigenvalue weighted by atomic mass is 16.1. The number of aryl methyl sites for hydroxylation is 3. The first-order valence-corrected chi connectivity index (χ1v) is 5.72. The van der Waals surface area contributed by atoms with Gasteiger partial charge >= 0.3 is 0 Å². The summed E-state index contributed by atoms with van der Waals surface area (Å²) in [6.45, 7) is 4.99. The van der Waals surface area contributed by atoms with Crippen LogP contribution in [0.3, 0.4) is 0 Å². The first-order valence-electron chi connectivity index (χ1n) is 5.72. The molecule has 5 nitrogen and oxygen atoms in total. The summed E-state index contributed by atoms with van der Waals surface area (Å²) in [6, 6.07) is 5.27. The highest BCUT2D eigenvalue weighted by Crippen LogP contribution is 2.00. The lowest BCUT2D eigenvalue weighted by Gasteiger charge is -2.11. The van der Waals surface area contributed by atoms with Crippen LogP contribution in [0.15, 0.2) is 29.3 Å². The molecule has 2 rings (SSSR count). The van der Waals surface area contributed by atoms with Gasteiger partial charge < -0.3 is 9.13 Å². The van der Waals surface area contributed by atoms with E-state index in [0.717, 1.165) is 11.5 Å². The number of hydrogen-bond acceptors (Lipinski definition) is 3. The zero-order valence-electron chi connectivity index (χ0n) is 10.4. The molecular weight excluding hydrogens is 228 g/mol. The van der Waals surface area contributed by atoms with Gasteiger partial charge in [0.1, 0.15) is 17.5 Å². The van der Waals surface area contributed by atoms with Crippen molar-refractivity contribution in [2.45, 2.75) is 26.9 Å². The van der Waals surface area contributed by atoms with E-state index in [1.807, 2.05) is 30.7 Å². The van der Waals surface area contributed by atoms with Crippen LogP contribution in [0.1, 0.15) is 17.1 Å². The maximum atomic E-state index is 12.0. The van der Waals surface area contributed by atoms with Crippen molar-refractivity contribution in [3.05, 3.63) is 52.0 Å². The smallest absolute Gasteiger partial charge is 0.268 e. The Morgan fingerprint density at radius 2 is 2.11 bits per heavy atom. The van der Waals surface area contributed by atoms with Crippen LogP contribution in [0.25, 0.3) is 0 Å². The van der Waals surface area contributed by atoms with E-state index >= 15 is 0 Å². The molecule has 0 aromatic carbocycles. The minimum Gasteiger partial charge on any atom is -0.333 e. The third kappa shape index (κ3) is 2.18. The molecule has 0 aliphatic heterocycles. The maximum Gasteiger partial charge on any atom is 0.268 e. The van der Waals surface area contributed by atoms with Crippen molar-refractivity contribution in [1.29, 1.82) is 5.26 Å². The van der Waals surface area contributed by atoms with Crippen molar-refractivity contribution in [1.82, 2.24) is 14.1 Å². The standard InChI is InChI=1S/C13H14N4O/c1-10-3-4-12(9-14)13(18)17(10)8-7-16-6-5-15-11(16)2/h3-6H,7-8H2,1-2H3. The number of pyridine rings is 1. The van der Waals surface area contributed by atoms with E-state index in [2.05, 4.69) is 4.98 Å². The van der Waals surface area contributed by atoms with Gasteiger partial charge in [-0.1, -0.05) is 0 Å². The Labute approximate surface area is 105 Å². The lowest BCUT2D eigenvalue weighted by atomic mass is 10.2. The Hall–Kier alpha value is -2.35. The Balaban J connectivity index is 2.28. The van der Waals surface area contributed by atoms with Gasteiger partial charge in [-0.25, -0.2) is 4.98 Å². The molecule has 0 spiro atoms. The summed E-state index contributed by atoms with van der Waals surface area (Å²) in [5.41, 5.74) is 0.815. The predicted octanol–water partition coefficient (Wildman–Crippen LogP) is 1.23. The molecule has 0 fully saturated rings. The van der Waals surface area contributed by atoms with Gasteiger partial charge in [-0.2, -0.15) is 5.26 Å². The van der Waals surface area contributed by atoms with Crippen LogP contribution >= 0.6 is 0 Å². The summed E-state index contributed by atoms with van der Waals surface area (Å²) in [7, 11) is 0. The van der Waals surface area contributed by atoms with E-state index in [-0.39, 0.29) is 11.1 Å². The Morgan fingerprint density at radius 3 is 2.72 bits per heavy atom. The normalized spacial score (nSPS) is 10.3. The van der Waals surface area contributed by atoms with Crippen LogP contribution < -0.4 is 5.56 Å². The fourth-order valence-corrected chi connectivity index (χ4v) is 1.88. The topological polar surface area (TPSA) is 63.6 Å². The first-order chi connectivity index (χ1) is 8.63. The number of nitrogens with zero attached hydrogens (tertiary/aromatic N) is 4. The van der Waals surface area contributed by atoms with Gasteiger partial charge in [-0.05, 0) is 26.0 Å². The fraction of sp³-hybridized carbons (Fsp3) is 0.308. The molecule has 0 unspecified atom stereocenters. The van der Waals surface area contributed by atoms with Gasteiger partial charge in [0.05, 0.1) is 0 Å². The van der Waals surface area contributed by atoms with Crippen LogP contribution in [-0.2, 0) is 13.1 Å². The molecular formula is C13H14N4O. The second-order valence-corrected chi connectivity index (χ2v) is 4.12. The number of hydrogen-bond donors (Lipinski definition) is 0. The highest BCUT2D eigenvalue weighted by Gasteiger charge is 2.06. The monoisotopic (exact) mass is 242 g/mol. The fourth-order valence-electron chi connectivity index (χ4n) is 1.88. The summed E-state index contributed by atoms with van der Waals surface area (Å²) < 4.78 is 3.60. The van der Waals surface area contributed by atoms with Crippen LogP contribution in [-0.4, -0.2) is 14.1 Å². The summed E-state index contributed by atoms with van der Waals surface area (Å²) in [5, 5.41) is 8.85. The molecule has 92 valence electrons. The third-order valence-corrected chi connectivity index (χ3v) is 3.00. The number of imidazole rings is 1. The van der Waals surface area contributed by atoms with Crippen molar-refractivity contribution < 1.29 is 0 Å². The highest BCUT2D eigenvalue weighted by molar-refractivity contribution is 5.27. The quantitative estimate of drug-likeness (QED) is 0.813. The Kier molecular flexibility index (Phi) is 3.28. The average molecular weight is 242 g/mol. The van der Waals surface area contributed by atoms with Gasteiger partial charge in [0, 0.05) is 31.2 Å². The van der Waals surface area contributed by atoms with Crippen molar-refractivity contribution in [2.24, 2.45) is 0 Å². The summed E-state index contributed by atoms with van der Waals surface area (Å²) in [5.74, 6) is 0.914. The van der Waals surface area contributed by atoms with E-state index in [4.69, 9.17) is 5.26 Å². The van der Waals surface area contributed by atoms with Crippen molar-refractivity contribution >= 4 is 0 Å². The Morgan fingerprint density at radius 1 is 1.33 bits per heavy atom. The van der Waals surface area contributed by atoms with Gasteiger partial charge in [-0.3, -0.25) is 4.79 Å². The molecule has 2 aromatic heterocycles. The molecule has 0 bridgehead atoms. The number of aromatic nitrogens is 3. The number of rotatable bonds is 3. The maximum absolute atomic E-state index is 12.0. The van der Waals surface area contributed by atoms with E-state index in [0.29, 0.717) is 13.1 Å². The van der Waals surface area contributed by atoms with Gasteiger partial charge in [0.2, 0.25) is 0 Å². The summed E-state index contributed by atoms with van der Waals surface area (Å²) >= 11 is 0. The molecule has 2 aromatic rings. The Bertz CT molecular complexity index is 660. The van der Waals surface area contributed by atoms with Crippen LogP contribution in [0.4, 0.5) is 0 Å². The SMILES string of the molecule is Cc1nccn1CCn1c(C)ccc(C#N)c1=O. The zero-order valence-corrected chi connectivity index (χ0v) is 10.4. The van der Waals surface area contributed by atoms with E-state index in [1.54, 1.807) is 22.9 Å². The average Bonchev–Trinajstić information content (AvgIpc) is 2.75. The first kappa shape index (κ1) is 12.1. The molecule has 0 amide bonds. The molecule has 0 radical (unpaired) electrons. The van der Waals surface area contributed by atoms with Gasteiger partial charge in [-0.15, -0.1) is 0 Å². The molecule has 0 saturated heterocycles. The molecule has 0 atom stereocenters. The molecule has 0 aliphatic carbocycles. The van der Waals surface area contributed by atoms with Gasteiger partial charge in [0.25, 0.3) is 5.56 Å². The van der Waals surface area contributed by atoms with Crippen LogP contribution in [0.2, 0.25) is 0 Å². The third-order valence-electron chi connectivity index (χ3n) is 3.00. The van der Waals surface area contributed by atoms with Crippen molar-refractivity contribution in [2.75, 3.05) is 0 Å². The van der Waals surface area contributed by atoms with E-state index < -0.39 is 0 Å². The molecule has 5 heteroatoms. The van der Waals surface area contributed by atoms with Crippen LogP contribution in [0, 0.1) is 25.2 Å². The molecule has 0 aliphatic rings. The largest absolute Gasteiger partial charge is 0.333 e. The zero-order chi connectivity index (χ0) is 13.1. The minimum absolute atomic E-state index is 0.183. The number of nitriles is 1. The second-order valence-electron chi connectivity index (χ2n) is 4.12. The lowest BCUT2D eigenvalue weighted by Crippen LogP contribution is -2.26. The van der Waals surface area contributed by atoms with Gasteiger partial charge in [0.15, 0.2) is 0 Å². The van der Waals surface area contributed by atoms with E-state index in [9.17, 15) is 4.79 Å². The molecule has 0 N–H and O–H groups in total. The molecule has 2 heterocycles. The summed E-state index contributed by atoms with van der Waals surface area (Å²) in [6.07, 6.45) is 3.61. The second kappa shape index (κ2) is 4.88. The van der Waals surface area contributed by atoms with Crippen LogP contribution in [0.5, 0.6) is 0 Å². The van der Waals surface area contributed by atoms with Crippen molar-refractivity contribution in [3.63, 3.8) is 0 Å². The molecule has 18 heavy (non-hydrogen) atoms. The minimum atomic E-state index is -0.227. The lowest BCUT2D eigenvalue weighted by molar-refractivity contribution is 0.545. The summed E-state index contributed by atoms with van der Waals surface area (Å²) in [4.78, 5) is 16.1. The predicted molar refractivity (Wildman–Crippen MR) is 67.1 cm³/mol. The molecule has 0 saturated carbocycles. The van der Waals surface area contributed by atoms with E-state index in [1.165, 1.54) is 0 Å². The van der Waals surface area contributed by atoms with Crippen molar-refractivity contribution in [3.8, 4) is 6.07 Å².